The summed E-state index contributed by atoms with van der Waals surface area (Å²) in [6.45, 7) is 18.9. The molecule has 1 saturated heterocycles. The maximum atomic E-state index is 14.1. The number of benzene rings is 3. The molecule has 2 aliphatic heterocycles. The minimum atomic E-state index is -2.19. The molecule has 2 bridgehead atoms. The van der Waals surface area contributed by atoms with Crippen LogP contribution in [0.3, 0.4) is 0 Å². The minimum absolute atomic E-state index is 0.0353. The number of carbonyl (C=O) groups is 3. The molecule has 0 aliphatic carbocycles. The highest BCUT2D eigenvalue weighted by atomic mass is 32.2. The summed E-state index contributed by atoms with van der Waals surface area (Å²) in [4.78, 5) is 42.1. The largest absolute Gasteiger partial charge is 0.598 e. The number of ether oxygens (including phenoxy) is 4. The molecule has 0 saturated carbocycles. The van der Waals surface area contributed by atoms with Crippen molar-refractivity contribution in [3.63, 3.8) is 0 Å². The molecule has 0 spiro atoms. The van der Waals surface area contributed by atoms with Gasteiger partial charge in [0.25, 0.3) is 0 Å². The topological polar surface area (TPSA) is 132 Å². The van der Waals surface area contributed by atoms with Crippen molar-refractivity contribution < 1.29 is 42.3 Å². The Morgan fingerprint density at radius 2 is 1.23 bits per heavy atom. The van der Waals surface area contributed by atoms with Crippen molar-refractivity contribution in [2.45, 2.75) is 119 Å². The molecule has 13 heteroatoms. The highest BCUT2D eigenvalue weighted by Gasteiger charge is 2.57. The van der Waals surface area contributed by atoms with Gasteiger partial charge in [-0.2, -0.15) is 0 Å². The third kappa shape index (κ3) is 11.6. The van der Waals surface area contributed by atoms with Crippen LogP contribution in [-0.4, -0.2) is 83.3 Å². The molecule has 0 amide bonds. The third-order valence-electron chi connectivity index (χ3n) is 10.6. The molecular weight excluding hydrogens is 779 g/mol. The van der Waals surface area contributed by atoms with Crippen molar-refractivity contribution in [1.82, 2.24) is 4.72 Å². The average molecular weight is 836 g/mol. The molecule has 3 aromatic rings. The van der Waals surface area contributed by atoms with Crippen LogP contribution in [0.4, 0.5) is 0 Å². The van der Waals surface area contributed by atoms with Crippen LogP contribution < -0.4 is 4.72 Å². The molecule has 2 aliphatic rings. The van der Waals surface area contributed by atoms with E-state index in [1.807, 2.05) is 33.8 Å². The second-order valence-electron chi connectivity index (χ2n) is 17.1. The Morgan fingerprint density at radius 1 is 0.772 bits per heavy atom. The Kier molecular flexibility index (Phi) is 15.0. The predicted molar refractivity (Wildman–Crippen MR) is 228 cm³/mol. The SMILES string of the molecule is C[C@@H]1C=CC[C@@H](CO[Si](C)(C)C(C)(C)C)S[C@H]2O[C@H]([C@@H]1N[S+]([O-])C(C)(C)C)[C@H](OC(=O)c1ccccc1)[C@H](OC(=O)c1ccccc1)[C@H]2OC(=O)c1ccccc1. The van der Waals surface area contributed by atoms with E-state index in [1.165, 1.54) is 11.8 Å². The monoisotopic (exact) mass is 835 g/mol. The molecule has 1 unspecified atom stereocenters. The Bertz CT molecular complexity index is 1820. The number of fused-ring (bicyclic) bond motifs is 2. The zero-order chi connectivity index (χ0) is 41.5. The van der Waals surface area contributed by atoms with Crippen molar-refractivity contribution in [3.05, 3.63) is 120 Å². The van der Waals surface area contributed by atoms with Crippen LogP contribution in [0.1, 0.15) is 86.0 Å². The summed E-state index contributed by atoms with van der Waals surface area (Å²) in [6.07, 6.45) is -0.269. The molecule has 5 rings (SSSR count). The fourth-order valence-electron chi connectivity index (χ4n) is 6.13. The first-order chi connectivity index (χ1) is 26.9. The number of carbonyl (C=O) groups excluding carboxylic acids is 3. The van der Waals surface area contributed by atoms with Crippen molar-refractivity contribution in [2.75, 3.05) is 6.61 Å². The van der Waals surface area contributed by atoms with E-state index in [-0.39, 0.29) is 32.9 Å². The lowest BCUT2D eigenvalue weighted by molar-refractivity contribution is -0.207. The number of nitrogens with one attached hydrogen (secondary N) is 1. The molecule has 1 N–H and O–H groups in total. The molecule has 1 fully saturated rings. The summed E-state index contributed by atoms with van der Waals surface area (Å²) < 4.78 is 49.5. The van der Waals surface area contributed by atoms with Crippen LogP contribution in [0.15, 0.2) is 103 Å². The van der Waals surface area contributed by atoms with E-state index in [0.717, 1.165) is 0 Å². The molecule has 9 atom stereocenters. The molecule has 0 radical (unpaired) electrons. The normalized spacial score (nSPS) is 26.1. The van der Waals surface area contributed by atoms with Gasteiger partial charge >= 0.3 is 17.9 Å². The lowest BCUT2D eigenvalue weighted by atomic mass is 9.87. The summed E-state index contributed by atoms with van der Waals surface area (Å²) >= 11 is -0.172. The van der Waals surface area contributed by atoms with E-state index >= 15 is 0 Å². The lowest BCUT2D eigenvalue weighted by Crippen LogP contribution is -2.67. The number of hydrogen-bond acceptors (Lipinski definition) is 11. The van der Waals surface area contributed by atoms with Gasteiger partial charge in [-0.1, -0.05) is 94.4 Å². The summed E-state index contributed by atoms with van der Waals surface area (Å²) in [5, 5.41) is -0.208. The Balaban J connectivity index is 1.67. The van der Waals surface area contributed by atoms with Crippen molar-refractivity contribution >= 4 is 49.3 Å². The number of thioether (sulfide) groups is 1. The van der Waals surface area contributed by atoms with Gasteiger partial charge in [0.1, 0.15) is 16.3 Å². The molecule has 57 heavy (non-hydrogen) atoms. The van der Waals surface area contributed by atoms with Gasteiger partial charge in [0.2, 0.25) is 0 Å². The van der Waals surface area contributed by atoms with Crippen molar-refractivity contribution in [2.24, 2.45) is 5.92 Å². The third-order valence-corrected chi connectivity index (χ3v) is 18.1. The second-order valence-corrected chi connectivity index (χ2v) is 25.3. The van der Waals surface area contributed by atoms with E-state index in [9.17, 15) is 18.9 Å². The van der Waals surface area contributed by atoms with Crippen LogP contribution in [0.2, 0.25) is 18.1 Å². The zero-order valence-electron chi connectivity index (χ0n) is 34.3. The zero-order valence-corrected chi connectivity index (χ0v) is 37.0. The fraction of sp³-hybridized carbons (Fsp3) is 0.477. The smallest absolute Gasteiger partial charge is 0.338 e. The Labute approximate surface area is 346 Å². The number of hydrogen-bond donors (Lipinski definition) is 1. The Hall–Kier alpha value is -3.43. The highest BCUT2D eigenvalue weighted by Crippen LogP contribution is 2.42. The summed E-state index contributed by atoms with van der Waals surface area (Å²) in [7, 11) is -2.19. The molecule has 3 aromatic carbocycles. The summed E-state index contributed by atoms with van der Waals surface area (Å²) in [5.74, 6) is -2.38. The van der Waals surface area contributed by atoms with Gasteiger partial charge < -0.3 is 27.9 Å². The minimum Gasteiger partial charge on any atom is -0.598 e. The Morgan fingerprint density at radius 3 is 1.68 bits per heavy atom. The van der Waals surface area contributed by atoms with Gasteiger partial charge in [0, 0.05) is 23.2 Å². The number of allylic oxidation sites excluding steroid dienone is 1. The van der Waals surface area contributed by atoms with E-state index in [1.54, 1.807) is 91.0 Å². The van der Waals surface area contributed by atoms with Crippen LogP contribution in [0.25, 0.3) is 0 Å². The van der Waals surface area contributed by atoms with Crippen LogP contribution in [-0.2, 0) is 34.7 Å². The van der Waals surface area contributed by atoms with Gasteiger partial charge in [-0.05, 0) is 87.6 Å². The van der Waals surface area contributed by atoms with Crippen molar-refractivity contribution in [3.8, 4) is 0 Å². The quantitative estimate of drug-likeness (QED) is 0.0656. The number of rotatable bonds is 11. The average Bonchev–Trinajstić information content (AvgIpc) is 3.17. The summed E-state index contributed by atoms with van der Waals surface area (Å²) in [5.41, 5.74) is -0.141. The lowest BCUT2D eigenvalue weighted by Gasteiger charge is -2.48. The van der Waals surface area contributed by atoms with Gasteiger partial charge in [0.15, 0.2) is 26.6 Å². The van der Waals surface area contributed by atoms with E-state index in [4.69, 9.17) is 23.4 Å². The van der Waals surface area contributed by atoms with Crippen LogP contribution in [0, 0.1) is 5.92 Å². The predicted octanol–water partition coefficient (Wildman–Crippen LogP) is 8.53. The van der Waals surface area contributed by atoms with Crippen molar-refractivity contribution in [1.29, 1.82) is 0 Å². The first-order valence-electron chi connectivity index (χ1n) is 19.4. The van der Waals surface area contributed by atoms with Gasteiger partial charge in [0.05, 0.1) is 22.7 Å². The van der Waals surface area contributed by atoms with Gasteiger partial charge in [-0.15, -0.1) is 16.5 Å². The van der Waals surface area contributed by atoms with E-state index in [0.29, 0.717) is 13.0 Å². The maximum absolute atomic E-state index is 14.1. The highest BCUT2D eigenvalue weighted by molar-refractivity contribution is 8.00. The number of esters is 3. The van der Waals surface area contributed by atoms with E-state index in [2.05, 4.69) is 44.7 Å². The standard InChI is InChI=1S/C44H57NO9S2Si/c1-29-20-19-27-33(28-50-57(8,9)44(5,6)7)55-42-38(53-41(48)32-25-17-12-18-26-32)37(52-40(47)31-23-15-11-16-24-31)36(51-39(46)30-21-13-10-14-22-30)35(54-42)34(29)45-56(49)43(2,3)4/h10-26,29,33-38,42,45H,27-28H2,1-9H3/t29-,33+,34-,35-,36+,37+,38-,42-,56?/m1/s1. The molecule has 308 valence electrons. The maximum Gasteiger partial charge on any atom is 0.338 e. The van der Waals surface area contributed by atoms with Crippen LogP contribution in [0.5, 0.6) is 0 Å². The summed E-state index contributed by atoms with van der Waals surface area (Å²) in [6, 6.07) is 24.7. The molecule has 10 nitrogen and oxygen atoms in total. The van der Waals surface area contributed by atoms with E-state index < -0.39 is 78.2 Å². The van der Waals surface area contributed by atoms with Crippen LogP contribution >= 0.6 is 11.8 Å². The van der Waals surface area contributed by atoms with Gasteiger partial charge in [-0.25, -0.2) is 14.4 Å². The van der Waals surface area contributed by atoms with Gasteiger partial charge in [-0.3, -0.25) is 0 Å². The second kappa shape index (κ2) is 19.1. The molecule has 2 heterocycles. The first-order valence-corrected chi connectivity index (χ1v) is 24.4. The first kappa shape index (κ1) is 44.7. The molecule has 0 aromatic heterocycles. The molecular formula is C44H57NO9S2Si. The fourth-order valence-corrected chi connectivity index (χ4v) is 9.56.